The van der Waals surface area contributed by atoms with Crippen molar-refractivity contribution in [3.05, 3.63) is 98.6 Å². The van der Waals surface area contributed by atoms with Crippen LogP contribution in [0.5, 0.6) is 5.75 Å². The van der Waals surface area contributed by atoms with E-state index in [9.17, 15) is 23.5 Å². The molecule has 0 aliphatic rings. The Kier molecular flexibility index (Phi) is 10.8. The van der Waals surface area contributed by atoms with E-state index < -0.39 is 29.7 Å². The summed E-state index contributed by atoms with van der Waals surface area (Å²) in [4.78, 5) is 23.6. The first kappa shape index (κ1) is 28.5. The summed E-state index contributed by atoms with van der Waals surface area (Å²) in [5.74, 6) is -2.00. The number of carbonyl (C=O) groups is 2. The number of ether oxygens (including phenoxy) is 1. The Balaban J connectivity index is 1.63. The number of hydrogen-bond acceptors (Lipinski definition) is 5. The minimum Gasteiger partial charge on any atom is -0.484 e. The normalized spacial score (nSPS) is 12.5. The van der Waals surface area contributed by atoms with Crippen LogP contribution in [0.4, 0.5) is 8.78 Å². The van der Waals surface area contributed by atoms with Gasteiger partial charge in [0, 0.05) is 22.7 Å². The van der Waals surface area contributed by atoms with Crippen LogP contribution in [0.25, 0.3) is 0 Å². The van der Waals surface area contributed by atoms with Crippen molar-refractivity contribution in [1.29, 1.82) is 0 Å². The molecule has 2 amide bonds. The van der Waals surface area contributed by atoms with Crippen molar-refractivity contribution < 1.29 is 28.2 Å². The summed E-state index contributed by atoms with van der Waals surface area (Å²) < 4.78 is 33.8. The van der Waals surface area contributed by atoms with Crippen molar-refractivity contribution in [2.24, 2.45) is 5.73 Å². The fraction of sp³-hybridized carbons (Fsp3) is 0.259. The van der Waals surface area contributed by atoms with Crippen molar-refractivity contribution in [2.75, 3.05) is 13.2 Å². The van der Waals surface area contributed by atoms with Crippen molar-refractivity contribution >= 4 is 34.4 Å². The zero-order valence-electron chi connectivity index (χ0n) is 19.9. The van der Waals surface area contributed by atoms with E-state index in [2.05, 4.69) is 33.2 Å². The maximum Gasteiger partial charge on any atom is 0.255 e. The lowest BCUT2D eigenvalue weighted by Gasteiger charge is -2.25. The van der Waals surface area contributed by atoms with Crippen LogP contribution >= 0.6 is 22.6 Å². The lowest BCUT2D eigenvalue weighted by Crippen LogP contribution is -2.49. The summed E-state index contributed by atoms with van der Waals surface area (Å²) in [7, 11) is 0. The minimum absolute atomic E-state index is 0.00666. The van der Waals surface area contributed by atoms with E-state index >= 15 is 0 Å². The van der Waals surface area contributed by atoms with Crippen molar-refractivity contribution in [3.8, 4) is 5.75 Å². The Morgan fingerprint density at radius 3 is 2.32 bits per heavy atom. The molecule has 10 heteroatoms. The number of aliphatic hydroxyl groups excluding tert-OH is 1. The van der Waals surface area contributed by atoms with E-state index in [0.717, 1.165) is 15.2 Å². The molecule has 0 heterocycles. The second kappa shape index (κ2) is 14.0. The zero-order chi connectivity index (χ0) is 26.8. The van der Waals surface area contributed by atoms with E-state index in [-0.39, 0.29) is 31.9 Å². The van der Waals surface area contributed by atoms with Crippen LogP contribution in [-0.4, -0.2) is 42.2 Å². The molecule has 37 heavy (non-hydrogen) atoms. The van der Waals surface area contributed by atoms with Crippen molar-refractivity contribution in [1.82, 2.24) is 10.6 Å². The number of halogens is 3. The van der Waals surface area contributed by atoms with Crippen LogP contribution in [0.2, 0.25) is 0 Å². The number of primary amides is 1. The molecule has 0 spiro atoms. The van der Waals surface area contributed by atoms with Gasteiger partial charge in [-0.25, -0.2) is 8.78 Å². The molecule has 3 rings (SSSR count). The first-order valence-corrected chi connectivity index (χ1v) is 12.6. The first-order chi connectivity index (χ1) is 17.7. The van der Waals surface area contributed by atoms with E-state index in [1.807, 2.05) is 24.3 Å². The zero-order valence-corrected chi connectivity index (χ0v) is 22.1. The molecule has 2 atom stereocenters. The van der Waals surface area contributed by atoms with Gasteiger partial charge in [0.05, 0.1) is 18.6 Å². The van der Waals surface area contributed by atoms with Crippen molar-refractivity contribution in [2.45, 2.75) is 31.5 Å². The van der Waals surface area contributed by atoms with E-state index in [1.54, 1.807) is 24.3 Å². The highest BCUT2D eigenvalue weighted by Crippen LogP contribution is 2.15. The van der Waals surface area contributed by atoms with Gasteiger partial charge in [-0.2, -0.15) is 0 Å². The number of nitrogens with two attached hydrogens (primary N) is 1. The van der Waals surface area contributed by atoms with Gasteiger partial charge in [-0.3, -0.25) is 9.59 Å². The molecule has 0 aliphatic carbocycles. The molecule has 0 radical (unpaired) electrons. The third kappa shape index (κ3) is 10.1. The monoisotopic (exact) mass is 623 g/mol. The predicted octanol–water partition coefficient (Wildman–Crippen LogP) is 2.85. The van der Waals surface area contributed by atoms with Gasteiger partial charge in [-0.15, -0.1) is 0 Å². The topological polar surface area (TPSA) is 114 Å². The highest BCUT2D eigenvalue weighted by Gasteiger charge is 2.22. The molecule has 0 saturated carbocycles. The van der Waals surface area contributed by atoms with Crippen LogP contribution < -0.4 is 21.1 Å². The molecule has 7 nitrogen and oxygen atoms in total. The summed E-state index contributed by atoms with van der Waals surface area (Å²) in [5, 5.41) is 16.8. The average molecular weight is 623 g/mol. The summed E-state index contributed by atoms with van der Waals surface area (Å²) in [6.07, 6.45) is -0.985. The van der Waals surface area contributed by atoms with Gasteiger partial charge in [0.25, 0.3) is 5.91 Å². The maximum absolute atomic E-state index is 13.7. The van der Waals surface area contributed by atoms with Gasteiger partial charge in [-0.05, 0) is 82.1 Å². The highest BCUT2D eigenvalue weighted by molar-refractivity contribution is 14.1. The molecule has 3 aromatic carbocycles. The Labute approximate surface area is 227 Å². The summed E-state index contributed by atoms with van der Waals surface area (Å²) in [6, 6.07) is 16.8. The van der Waals surface area contributed by atoms with Crippen LogP contribution in [0.3, 0.4) is 0 Å². The molecule has 5 N–H and O–H groups in total. The van der Waals surface area contributed by atoms with Gasteiger partial charge >= 0.3 is 0 Å². The fourth-order valence-corrected chi connectivity index (χ4v) is 4.33. The predicted molar refractivity (Wildman–Crippen MR) is 144 cm³/mol. The second-order valence-electron chi connectivity index (χ2n) is 8.56. The van der Waals surface area contributed by atoms with Crippen molar-refractivity contribution in [3.63, 3.8) is 0 Å². The number of amides is 2. The molecular formula is C27H28F2IN3O4. The molecule has 0 aromatic heterocycles. The lowest BCUT2D eigenvalue weighted by molar-refractivity contribution is -0.122. The summed E-state index contributed by atoms with van der Waals surface area (Å²) in [6.45, 7) is 0.408. The highest BCUT2D eigenvalue weighted by atomic mass is 127. The largest absolute Gasteiger partial charge is 0.484 e. The number of benzene rings is 3. The minimum atomic E-state index is -1.03. The summed E-state index contributed by atoms with van der Waals surface area (Å²) in [5.41, 5.74) is 7.09. The van der Waals surface area contributed by atoms with Gasteiger partial charge in [0.15, 0.2) is 6.61 Å². The number of hydrogen-bond donors (Lipinski definition) is 4. The van der Waals surface area contributed by atoms with Gasteiger partial charge < -0.3 is 26.2 Å². The third-order valence-electron chi connectivity index (χ3n) is 5.43. The molecule has 0 saturated heterocycles. The molecule has 196 valence electrons. The van der Waals surface area contributed by atoms with Crippen LogP contribution in [-0.2, 0) is 29.0 Å². The van der Waals surface area contributed by atoms with E-state index in [0.29, 0.717) is 23.4 Å². The molecule has 0 unspecified atom stereocenters. The average Bonchev–Trinajstić information content (AvgIpc) is 2.82. The number of rotatable bonds is 13. The Hall–Kier alpha value is -3.09. The first-order valence-electron chi connectivity index (χ1n) is 11.6. The third-order valence-corrected chi connectivity index (χ3v) is 6.10. The van der Waals surface area contributed by atoms with Gasteiger partial charge in [-0.1, -0.05) is 24.3 Å². The standard InChI is InChI=1S/C27H28F2IN3O4/c28-20-8-19(9-21(29)13-20)11-24(25(34)15-32-14-18-2-1-3-22(30)10-18)33-27(36)12-17-4-6-23(7-5-17)37-16-26(31)35/h1-10,13,24-25,32,34H,11-12,14-16H2,(H2,31,35)(H,33,36)/t24-,25-/m0/s1. The number of aliphatic hydroxyl groups is 1. The molecular weight excluding hydrogens is 595 g/mol. The molecule has 0 aliphatic heterocycles. The van der Waals surface area contributed by atoms with Crippen LogP contribution in [0.15, 0.2) is 66.7 Å². The molecule has 0 fully saturated rings. The van der Waals surface area contributed by atoms with Gasteiger partial charge in [0.2, 0.25) is 5.91 Å². The van der Waals surface area contributed by atoms with Crippen LogP contribution in [0, 0.1) is 15.2 Å². The Morgan fingerprint density at radius 1 is 0.973 bits per heavy atom. The smallest absolute Gasteiger partial charge is 0.255 e. The maximum atomic E-state index is 13.7. The Morgan fingerprint density at radius 2 is 1.68 bits per heavy atom. The molecule has 0 bridgehead atoms. The SMILES string of the molecule is NC(=O)COc1ccc(CC(=O)N[C@@H](Cc2cc(F)cc(F)c2)[C@@H](O)CNCc2cccc(I)c2)cc1. The van der Waals surface area contributed by atoms with Gasteiger partial charge in [0.1, 0.15) is 17.4 Å². The lowest BCUT2D eigenvalue weighted by atomic mass is 10.00. The number of carbonyl (C=O) groups excluding carboxylic acids is 2. The molecule has 3 aromatic rings. The Bertz CT molecular complexity index is 1190. The summed E-state index contributed by atoms with van der Waals surface area (Å²) >= 11 is 2.22. The van der Waals surface area contributed by atoms with Crippen LogP contribution in [0.1, 0.15) is 16.7 Å². The van der Waals surface area contributed by atoms with E-state index in [4.69, 9.17) is 10.5 Å². The quantitative estimate of drug-likeness (QED) is 0.219. The second-order valence-corrected chi connectivity index (χ2v) is 9.81. The number of nitrogens with one attached hydrogen (secondary N) is 2. The van der Waals surface area contributed by atoms with E-state index in [1.165, 1.54) is 12.1 Å². The fourth-order valence-electron chi connectivity index (χ4n) is 3.72.